The van der Waals surface area contributed by atoms with E-state index in [9.17, 15) is 4.79 Å². The lowest BCUT2D eigenvalue weighted by Crippen LogP contribution is -2.30. The summed E-state index contributed by atoms with van der Waals surface area (Å²) in [4.78, 5) is 10.9. The minimum absolute atomic E-state index is 0.172. The predicted octanol–water partition coefficient (Wildman–Crippen LogP) is 2.83. The highest BCUT2D eigenvalue weighted by Crippen LogP contribution is 2.22. The predicted molar refractivity (Wildman–Crippen MR) is 67.1 cm³/mol. The van der Waals surface area contributed by atoms with Crippen molar-refractivity contribution in [2.24, 2.45) is 5.41 Å². The highest BCUT2D eigenvalue weighted by Gasteiger charge is 2.24. The molecule has 0 saturated heterocycles. The average Bonchev–Trinajstić information content (AvgIpc) is 2.29. The lowest BCUT2D eigenvalue weighted by molar-refractivity contribution is -0.126. The maximum absolute atomic E-state index is 10.9. The largest absolute Gasteiger partial charge is 0.497 e. The van der Waals surface area contributed by atoms with E-state index in [1.165, 1.54) is 0 Å². The number of hydrogen-bond acceptors (Lipinski definition) is 3. The van der Waals surface area contributed by atoms with Crippen molar-refractivity contribution >= 4 is 6.29 Å². The van der Waals surface area contributed by atoms with Gasteiger partial charge in [0.05, 0.1) is 13.7 Å². The number of aldehydes is 1. The fourth-order valence-electron chi connectivity index (χ4n) is 1.40. The van der Waals surface area contributed by atoms with E-state index >= 15 is 0 Å². The zero-order valence-corrected chi connectivity index (χ0v) is 10.9. The van der Waals surface area contributed by atoms with Crippen LogP contribution in [-0.4, -0.2) is 19.5 Å². The monoisotopic (exact) mass is 236 g/mol. The number of carbonyl (C=O) groups is 1. The summed E-state index contributed by atoms with van der Waals surface area (Å²) < 4.78 is 10.7. The van der Waals surface area contributed by atoms with Crippen LogP contribution in [0.1, 0.15) is 26.3 Å². The SMILES string of the molecule is COc1ccc(CO[C@@H](C=O)C(C)(C)C)cc1. The minimum Gasteiger partial charge on any atom is -0.497 e. The Morgan fingerprint density at radius 2 is 1.82 bits per heavy atom. The van der Waals surface area contributed by atoms with Gasteiger partial charge >= 0.3 is 0 Å². The summed E-state index contributed by atoms with van der Waals surface area (Å²) in [5, 5.41) is 0. The van der Waals surface area contributed by atoms with Crippen molar-refractivity contribution in [2.75, 3.05) is 7.11 Å². The van der Waals surface area contributed by atoms with Gasteiger partial charge in [0, 0.05) is 0 Å². The van der Waals surface area contributed by atoms with Crippen LogP contribution >= 0.6 is 0 Å². The zero-order chi connectivity index (χ0) is 12.9. The van der Waals surface area contributed by atoms with E-state index in [1.54, 1.807) is 7.11 Å². The first-order chi connectivity index (χ1) is 7.97. The first-order valence-corrected chi connectivity index (χ1v) is 5.67. The third kappa shape index (κ3) is 4.19. The van der Waals surface area contributed by atoms with Gasteiger partial charge in [-0.1, -0.05) is 32.9 Å². The van der Waals surface area contributed by atoms with Crippen molar-refractivity contribution in [1.82, 2.24) is 0 Å². The molecule has 0 bridgehead atoms. The van der Waals surface area contributed by atoms with E-state index in [0.29, 0.717) is 6.61 Å². The molecule has 3 heteroatoms. The zero-order valence-electron chi connectivity index (χ0n) is 10.9. The molecular weight excluding hydrogens is 216 g/mol. The third-order valence-electron chi connectivity index (χ3n) is 2.57. The molecule has 0 aromatic heterocycles. The van der Waals surface area contributed by atoms with E-state index in [1.807, 2.05) is 45.0 Å². The second-order valence-electron chi connectivity index (χ2n) is 5.08. The molecule has 0 radical (unpaired) electrons. The summed E-state index contributed by atoms with van der Waals surface area (Å²) in [7, 11) is 1.63. The van der Waals surface area contributed by atoms with Crippen LogP contribution in [0.15, 0.2) is 24.3 Å². The highest BCUT2D eigenvalue weighted by atomic mass is 16.5. The number of hydrogen-bond donors (Lipinski definition) is 0. The van der Waals surface area contributed by atoms with Gasteiger partial charge in [0.25, 0.3) is 0 Å². The Hall–Kier alpha value is -1.35. The van der Waals surface area contributed by atoms with Crippen LogP contribution in [0.2, 0.25) is 0 Å². The standard InChI is InChI=1S/C14H20O3/c1-14(2,3)13(9-15)17-10-11-5-7-12(16-4)8-6-11/h5-9,13H,10H2,1-4H3/t13-/m0/s1. The fraction of sp³-hybridized carbons (Fsp3) is 0.500. The molecule has 0 spiro atoms. The molecule has 17 heavy (non-hydrogen) atoms. The molecule has 0 fully saturated rings. The summed E-state index contributed by atoms with van der Waals surface area (Å²) >= 11 is 0. The molecule has 0 amide bonds. The van der Waals surface area contributed by atoms with Gasteiger partial charge in [-0.25, -0.2) is 0 Å². The molecule has 0 N–H and O–H groups in total. The Balaban J connectivity index is 2.57. The summed E-state index contributed by atoms with van der Waals surface area (Å²) in [6.45, 7) is 6.39. The molecule has 0 saturated carbocycles. The molecule has 0 aliphatic carbocycles. The second-order valence-corrected chi connectivity index (χ2v) is 5.08. The lowest BCUT2D eigenvalue weighted by Gasteiger charge is -2.25. The fourth-order valence-corrected chi connectivity index (χ4v) is 1.40. The highest BCUT2D eigenvalue weighted by molar-refractivity contribution is 5.57. The number of benzene rings is 1. The van der Waals surface area contributed by atoms with E-state index < -0.39 is 0 Å². The van der Waals surface area contributed by atoms with Crippen molar-refractivity contribution in [1.29, 1.82) is 0 Å². The Bertz CT molecular complexity index is 349. The molecule has 0 aliphatic rings. The number of carbonyl (C=O) groups excluding carboxylic acids is 1. The molecule has 3 nitrogen and oxygen atoms in total. The smallest absolute Gasteiger partial charge is 0.149 e. The average molecular weight is 236 g/mol. The molecule has 1 aromatic rings. The lowest BCUT2D eigenvalue weighted by atomic mass is 9.90. The Kier molecular flexibility index (Phi) is 4.70. The second kappa shape index (κ2) is 5.82. The van der Waals surface area contributed by atoms with Crippen LogP contribution in [0.25, 0.3) is 0 Å². The van der Waals surface area contributed by atoms with E-state index in [-0.39, 0.29) is 11.5 Å². The normalized spacial score (nSPS) is 13.2. The van der Waals surface area contributed by atoms with Crippen LogP contribution in [0, 0.1) is 5.41 Å². The minimum atomic E-state index is -0.385. The summed E-state index contributed by atoms with van der Waals surface area (Å²) in [5.74, 6) is 0.816. The molecule has 0 heterocycles. The van der Waals surface area contributed by atoms with Crippen LogP contribution < -0.4 is 4.74 Å². The van der Waals surface area contributed by atoms with Crippen molar-refractivity contribution in [3.8, 4) is 5.75 Å². The van der Waals surface area contributed by atoms with Crippen LogP contribution in [0.5, 0.6) is 5.75 Å². The maximum atomic E-state index is 10.9. The number of ether oxygens (including phenoxy) is 2. The molecule has 0 unspecified atom stereocenters. The Morgan fingerprint density at radius 1 is 1.24 bits per heavy atom. The Morgan fingerprint density at radius 3 is 2.24 bits per heavy atom. The van der Waals surface area contributed by atoms with E-state index in [4.69, 9.17) is 9.47 Å². The topological polar surface area (TPSA) is 35.5 Å². The van der Waals surface area contributed by atoms with Gasteiger partial charge in [-0.2, -0.15) is 0 Å². The van der Waals surface area contributed by atoms with E-state index in [2.05, 4.69) is 0 Å². The molecule has 94 valence electrons. The van der Waals surface area contributed by atoms with Crippen molar-refractivity contribution < 1.29 is 14.3 Å². The summed E-state index contributed by atoms with van der Waals surface area (Å²) in [5.41, 5.74) is 0.857. The van der Waals surface area contributed by atoms with Crippen molar-refractivity contribution in [2.45, 2.75) is 33.5 Å². The number of rotatable bonds is 5. The van der Waals surface area contributed by atoms with Gasteiger partial charge in [-0.3, -0.25) is 0 Å². The Labute approximate surface area is 103 Å². The summed E-state index contributed by atoms with van der Waals surface area (Å²) in [6, 6.07) is 7.63. The molecule has 0 aliphatic heterocycles. The van der Waals surface area contributed by atoms with E-state index in [0.717, 1.165) is 17.6 Å². The first-order valence-electron chi connectivity index (χ1n) is 5.67. The van der Waals surface area contributed by atoms with Gasteiger partial charge in [0.1, 0.15) is 18.1 Å². The molecule has 1 atom stereocenters. The quantitative estimate of drug-likeness (QED) is 0.737. The van der Waals surface area contributed by atoms with Crippen LogP contribution in [-0.2, 0) is 16.1 Å². The number of methoxy groups -OCH3 is 1. The van der Waals surface area contributed by atoms with Crippen molar-refractivity contribution in [3.05, 3.63) is 29.8 Å². The maximum Gasteiger partial charge on any atom is 0.149 e. The summed E-state index contributed by atoms with van der Waals surface area (Å²) in [6.07, 6.45) is 0.480. The van der Waals surface area contributed by atoms with Gasteiger partial charge in [-0.05, 0) is 23.1 Å². The van der Waals surface area contributed by atoms with Gasteiger partial charge in [0.2, 0.25) is 0 Å². The van der Waals surface area contributed by atoms with Gasteiger partial charge < -0.3 is 14.3 Å². The first kappa shape index (κ1) is 13.7. The van der Waals surface area contributed by atoms with Crippen LogP contribution in [0.4, 0.5) is 0 Å². The molecular formula is C14H20O3. The molecule has 1 rings (SSSR count). The van der Waals surface area contributed by atoms with Crippen LogP contribution in [0.3, 0.4) is 0 Å². The third-order valence-corrected chi connectivity index (χ3v) is 2.57. The molecule has 1 aromatic carbocycles. The van der Waals surface area contributed by atoms with Gasteiger partial charge in [-0.15, -0.1) is 0 Å². The van der Waals surface area contributed by atoms with Gasteiger partial charge in [0.15, 0.2) is 0 Å². The van der Waals surface area contributed by atoms with Crippen molar-refractivity contribution in [3.63, 3.8) is 0 Å².